The summed E-state index contributed by atoms with van der Waals surface area (Å²) < 4.78 is 11.8. The van der Waals surface area contributed by atoms with E-state index in [0.29, 0.717) is 24.7 Å². The molecule has 0 saturated heterocycles. The number of amides is 2. The number of carbonyl (C=O) groups excluding carboxylic acids is 1. The molecule has 5 aromatic rings. The number of urea groups is 1. The molecule has 5 heteroatoms. The van der Waals surface area contributed by atoms with Crippen LogP contribution in [-0.2, 0) is 13.2 Å². The molecule has 0 unspecified atom stereocenters. The number of nitrogens with zero attached hydrogens (tertiary/aromatic N) is 1. The van der Waals surface area contributed by atoms with Crippen molar-refractivity contribution >= 4 is 11.7 Å². The molecule has 5 rings (SSSR count). The summed E-state index contributed by atoms with van der Waals surface area (Å²) >= 11 is 0. The third kappa shape index (κ3) is 7.14. The molecule has 0 aliphatic heterocycles. The molecule has 0 aromatic heterocycles. The number of methoxy groups -OCH3 is 1. The first-order valence-electron chi connectivity index (χ1n) is 13.7. The number of anilines is 1. The first-order valence-corrected chi connectivity index (χ1v) is 13.7. The van der Waals surface area contributed by atoms with Crippen LogP contribution in [0.25, 0.3) is 0 Å². The fourth-order valence-electron chi connectivity index (χ4n) is 4.80. The lowest BCUT2D eigenvalue weighted by Gasteiger charge is -2.33. The SMILES string of the molecule is COc1cc(CN(C(=O)Nc2ccc(C)cc2)C(c2ccccc2)c2ccccc2)ccc1OCc1ccccc1. The van der Waals surface area contributed by atoms with Gasteiger partial charge >= 0.3 is 6.03 Å². The minimum atomic E-state index is -0.317. The number of benzene rings is 5. The van der Waals surface area contributed by atoms with Crippen molar-refractivity contribution in [2.24, 2.45) is 0 Å². The second-order valence-corrected chi connectivity index (χ2v) is 9.91. The van der Waals surface area contributed by atoms with Crippen molar-refractivity contribution in [3.05, 3.63) is 161 Å². The Morgan fingerprint density at radius 2 is 1.29 bits per heavy atom. The van der Waals surface area contributed by atoms with E-state index in [2.05, 4.69) is 29.6 Å². The minimum absolute atomic E-state index is 0.199. The van der Waals surface area contributed by atoms with Gasteiger partial charge in [-0.3, -0.25) is 0 Å². The standard InChI is InChI=1S/C36H34N2O3/c1-27-18-21-32(22-19-27)37-36(39)38(35(30-14-8-4-9-15-30)31-16-10-5-11-17-31)25-29-20-23-33(34(24-29)40-2)41-26-28-12-6-3-7-13-28/h3-24,35H,25-26H2,1-2H3,(H,37,39). The Morgan fingerprint density at radius 1 is 0.707 bits per heavy atom. The highest BCUT2D eigenvalue weighted by Crippen LogP contribution is 2.34. The Labute approximate surface area is 242 Å². The van der Waals surface area contributed by atoms with Crippen molar-refractivity contribution in [3.8, 4) is 11.5 Å². The van der Waals surface area contributed by atoms with E-state index in [1.165, 1.54) is 0 Å². The molecule has 0 radical (unpaired) electrons. The van der Waals surface area contributed by atoms with Gasteiger partial charge in [-0.15, -0.1) is 0 Å². The first-order chi connectivity index (χ1) is 20.1. The summed E-state index contributed by atoms with van der Waals surface area (Å²) in [5.74, 6) is 1.27. The Morgan fingerprint density at radius 3 is 1.88 bits per heavy atom. The number of ether oxygens (including phenoxy) is 2. The molecule has 1 N–H and O–H groups in total. The molecule has 5 aromatic carbocycles. The van der Waals surface area contributed by atoms with Gasteiger partial charge < -0.3 is 19.7 Å². The zero-order chi connectivity index (χ0) is 28.4. The van der Waals surface area contributed by atoms with Crippen molar-refractivity contribution in [2.45, 2.75) is 26.1 Å². The van der Waals surface area contributed by atoms with E-state index in [0.717, 1.165) is 33.5 Å². The first kappa shape index (κ1) is 27.5. The minimum Gasteiger partial charge on any atom is -0.493 e. The maximum Gasteiger partial charge on any atom is 0.322 e. The summed E-state index contributed by atoms with van der Waals surface area (Å²) in [6.45, 7) is 2.81. The lowest BCUT2D eigenvalue weighted by molar-refractivity contribution is 0.194. The van der Waals surface area contributed by atoms with Crippen LogP contribution in [-0.4, -0.2) is 18.0 Å². The Balaban J connectivity index is 1.48. The van der Waals surface area contributed by atoms with Crippen LogP contribution in [0.15, 0.2) is 133 Å². The highest BCUT2D eigenvalue weighted by atomic mass is 16.5. The van der Waals surface area contributed by atoms with Crippen LogP contribution >= 0.6 is 0 Å². The van der Waals surface area contributed by atoms with Crippen molar-refractivity contribution in [1.29, 1.82) is 0 Å². The predicted octanol–water partition coefficient (Wildman–Crippen LogP) is 8.41. The second kappa shape index (κ2) is 13.4. The molecule has 206 valence electrons. The zero-order valence-electron chi connectivity index (χ0n) is 23.4. The van der Waals surface area contributed by atoms with E-state index in [-0.39, 0.29) is 12.1 Å². The number of nitrogens with one attached hydrogen (secondary N) is 1. The fourth-order valence-corrected chi connectivity index (χ4v) is 4.80. The molecule has 0 heterocycles. The molecular formula is C36H34N2O3. The van der Waals surface area contributed by atoms with Gasteiger partial charge in [-0.05, 0) is 53.4 Å². The molecule has 5 nitrogen and oxygen atoms in total. The van der Waals surface area contributed by atoms with E-state index in [9.17, 15) is 4.79 Å². The quantitative estimate of drug-likeness (QED) is 0.193. The maximum atomic E-state index is 14.0. The summed E-state index contributed by atoms with van der Waals surface area (Å²) in [6.07, 6.45) is 0. The number of rotatable bonds is 10. The lowest BCUT2D eigenvalue weighted by atomic mass is 9.96. The molecule has 0 fully saturated rings. The summed E-state index contributed by atoms with van der Waals surface area (Å²) in [4.78, 5) is 15.9. The van der Waals surface area contributed by atoms with Crippen LogP contribution in [0.3, 0.4) is 0 Å². The zero-order valence-corrected chi connectivity index (χ0v) is 23.4. The number of carbonyl (C=O) groups is 1. The van der Waals surface area contributed by atoms with Crippen LogP contribution in [0, 0.1) is 6.92 Å². The van der Waals surface area contributed by atoms with Gasteiger partial charge in [0.25, 0.3) is 0 Å². The molecule has 0 aliphatic carbocycles. The van der Waals surface area contributed by atoms with Gasteiger partial charge in [-0.25, -0.2) is 4.79 Å². The fraction of sp³-hybridized carbons (Fsp3) is 0.139. The highest BCUT2D eigenvalue weighted by molar-refractivity contribution is 5.90. The third-order valence-corrected chi connectivity index (χ3v) is 6.92. The monoisotopic (exact) mass is 542 g/mol. The van der Waals surface area contributed by atoms with Gasteiger partial charge in [-0.2, -0.15) is 0 Å². The molecule has 0 atom stereocenters. The molecule has 41 heavy (non-hydrogen) atoms. The van der Waals surface area contributed by atoms with Gasteiger partial charge in [-0.1, -0.05) is 115 Å². The van der Waals surface area contributed by atoms with E-state index in [1.807, 2.05) is 121 Å². The number of aryl methyl sites for hydroxylation is 1. The van der Waals surface area contributed by atoms with E-state index in [1.54, 1.807) is 7.11 Å². The van der Waals surface area contributed by atoms with Crippen molar-refractivity contribution in [1.82, 2.24) is 4.90 Å². The van der Waals surface area contributed by atoms with E-state index >= 15 is 0 Å². The van der Waals surface area contributed by atoms with E-state index in [4.69, 9.17) is 9.47 Å². The summed E-state index contributed by atoms with van der Waals surface area (Å²) in [7, 11) is 1.63. The van der Waals surface area contributed by atoms with Crippen LogP contribution in [0.4, 0.5) is 10.5 Å². The highest BCUT2D eigenvalue weighted by Gasteiger charge is 2.27. The van der Waals surface area contributed by atoms with Crippen molar-refractivity contribution in [3.63, 3.8) is 0 Å². The Bertz CT molecular complexity index is 1500. The van der Waals surface area contributed by atoms with Gasteiger partial charge in [0, 0.05) is 12.2 Å². The molecule has 0 spiro atoms. The predicted molar refractivity (Wildman–Crippen MR) is 164 cm³/mol. The average Bonchev–Trinajstić information content (AvgIpc) is 3.02. The maximum absolute atomic E-state index is 14.0. The van der Waals surface area contributed by atoms with Gasteiger partial charge in [0.15, 0.2) is 11.5 Å². The molecule has 0 saturated carbocycles. The van der Waals surface area contributed by atoms with Crippen LogP contribution in [0.2, 0.25) is 0 Å². The smallest absolute Gasteiger partial charge is 0.322 e. The Kier molecular flexibility index (Phi) is 8.97. The largest absolute Gasteiger partial charge is 0.493 e. The van der Waals surface area contributed by atoms with Gasteiger partial charge in [0.1, 0.15) is 6.61 Å². The van der Waals surface area contributed by atoms with E-state index < -0.39 is 0 Å². The molecule has 0 bridgehead atoms. The van der Waals surface area contributed by atoms with Gasteiger partial charge in [0.05, 0.1) is 13.2 Å². The number of hydrogen-bond donors (Lipinski definition) is 1. The Hall–Kier alpha value is -5.03. The average molecular weight is 543 g/mol. The second-order valence-electron chi connectivity index (χ2n) is 9.91. The van der Waals surface area contributed by atoms with Crippen LogP contribution < -0.4 is 14.8 Å². The number of hydrogen-bond acceptors (Lipinski definition) is 3. The lowest BCUT2D eigenvalue weighted by Crippen LogP contribution is -2.38. The van der Waals surface area contributed by atoms with Crippen molar-refractivity contribution in [2.75, 3.05) is 12.4 Å². The van der Waals surface area contributed by atoms with Crippen LogP contribution in [0.1, 0.15) is 33.9 Å². The topological polar surface area (TPSA) is 50.8 Å². The van der Waals surface area contributed by atoms with Gasteiger partial charge in [0.2, 0.25) is 0 Å². The van der Waals surface area contributed by atoms with Crippen molar-refractivity contribution < 1.29 is 14.3 Å². The molecular weight excluding hydrogens is 508 g/mol. The molecule has 2 amide bonds. The summed E-state index contributed by atoms with van der Waals surface area (Å²) in [5.41, 5.74) is 5.91. The summed E-state index contributed by atoms with van der Waals surface area (Å²) in [5, 5.41) is 3.12. The third-order valence-electron chi connectivity index (χ3n) is 6.92. The summed E-state index contributed by atoms with van der Waals surface area (Å²) in [6, 6.07) is 43.4. The normalized spacial score (nSPS) is 10.7. The van der Waals surface area contributed by atoms with Crippen LogP contribution in [0.5, 0.6) is 11.5 Å². The molecule has 0 aliphatic rings.